The fourth-order valence-corrected chi connectivity index (χ4v) is 2.95. The Morgan fingerprint density at radius 1 is 1.00 bits per heavy atom. The van der Waals surface area contributed by atoms with Crippen molar-refractivity contribution < 1.29 is 36.3 Å². The summed E-state index contributed by atoms with van der Waals surface area (Å²) in [5.41, 5.74) is 7.10. The molecular weight excluding hydrogens is 357 g/mol. The van der Waals surface area contributed by atoms with Crippen LogP contribution in [0, 0.1) is 18.8 Å². The first-order valence-corrected chi connectivity index (χ1v) is 7.18. The van der Waals surface area contributed by atoms with E-state index in [9.17, 15) is 0 Å². The molecular formula is C16H16MnNO4S+. The molecule has 121 valence electrons. The molecule has 1 aliphatic carbocycles. The Morgan fingerprint density at radius 2 is 1.52 bits per heavy atom. The quantitative estimate of drug-likeness (QED) is 0.498. The van der Waals surface area contributed by atoms with Crippen molar-refractivity contribution in [1.29, 1.82) is 5.46 Å². The number of aliphatic hydroxyl groups excluding tert-OH is 1. The smallest absolute Gasteiger partial charge is 0 e. The molecule has 1 N–H and O–H groups in total. The minimum atomic E-state index is 0. The molecule has 0 amide bonds. The first-order valence-electron chi connectivity index (χ1n) is 6.13. The molecule has 0 heterocycles. The second kappa shape index (κ2) is 20.7. The molecule has 0 bridgehead atoms. The van der Waals surface area contributed by atoms with E-state index in [1.165, 1.54) is 5.56 Å². The Kier molecular flexibility index (Phi) is 23.9. The van der Waals surface area contributed by atoms with Crippen molar-refractivity contribution in [2.45, 2.75) is 11.2 Å². The topological polar surface area (TPSA) is 104 Å². The fourth-order valence-electron chi connectivity index (χ4n) is 1.91. The molecule has 1 radical (unpaired) electrons. The molecule has 0 saturated heterocycles. The van der Waals surface area contributed by atoms with Gasteiger partial charge >= 0.3 is 32.8 Å². The zero-order valence-corrected chi connectivity index (χ0v) is 14.2. The molecule has 5 nitrogen and oxygen atoms in total. The van der Waals surface area contributed by atoms with Gasteiger partial charge < -0.3 is 5.11 Å². The molecule has 2 atom stereocenters. The first-order chi connectivity index (χ1) is 10.9. The Bertz CT molecular complexity index is 486. The minimum absolute atomic E-state index is 0. The van der Waals surface area contributed by atoms with Gasteiger partial charge in [-0.1, -0.05) is 54.6 Å². The summed E-state index contributed by atoms with van der Waals surface area (Å²) in [7, 11) is 0. The van der Waals surface area contributed by atoms with Crippen molar-refractivity contribution >= 4 is 11.8 Å². The van der Waals surface area contributed by atoms with E-state index in [2.05, 4.69) is 61.9 Å². The Balaban J connectivity index is -0.000000514. The van der Waals surface area contributed by atoms with Crippen LogP contribution in [-0.4, -0.2) is 22.7 Å². The summed E-state index contributed by atoms with van der Waals surface area (Å²) in [6.07, 6.45) is 8.66. The number of thioether (sulfide) groups is 1. The molecule has 7 heteroatoms. The predicted octanol–water partition coefficient (Wildman–Crippen LogP) is 2.81. The average Bonchev–Trinajstić information content (AvgIpc) is 2.66. The van der Waals surface area contributed by atoms with Crippen LogP contribution < -0.4 is 0 Å². The normalized spacial score (nSPS) is 16.7. The van der Waals surface area contributed by atoms with Gasteiger partial charge in [0.05, 0.1) is 6.61 Å². The summed E-state index contributed by atoms with van der Waals surface area (Å²) in [5, 5.41) is 9.33. The van der Waals surface area contributed by atoms with Crippen molar-refractivity contribution in [3.05, 3.63) is 73.5 Å². The largest absolute Gasteiger partial charge is 0 e. The Hall–Kier alpha value is -1.32. The maximum atomic E-state index is 8.89. The number of hydrogen-bond donors (Lipinski definition) is 1. The van der Waals surface area contributed by atoms with Crippen molar-refractivity contribution in [2.75, 3.05) is 12.4 Å². The van der Waals surface area contributed by atoms with E-state index in [4.69, 9.17) is 24.6 Å². The van der Waals surface area contributed by atoms with E-state index in [0.717, 1.165) is 5.75 Å². The third-order valence-electron chi connectivity index (χ3n) is 2.67. The molecule has 0 unspecified atom stereocenters. The van der Waals surface area contributed by atoms with Crippen molar-refractivity contribution in [2.24, 2.45) is 0 Å². The number of hydrogen-bond acceptors (Lipinski definition) is 3. The van der Waals surface area contributed by atoms with Crippen molar-refractivity contribution in [3.8, 4) is 0 Å². The summed E-state index contributed by atoms with van der Waals surface area (Å²) < 4.78 is 22.2. The van der Waals surface area contributed by atoms with E-state index in [0.29, 0.717) is 11.2 Å². The van der Waals surface area contributed by atoms with Crippen LogP contribution in [0.1, 0.15) is 11.5 Å². The van der Waals surface area contributed by atoms with Crippen LogP contribution in [0.15, 0.2) is 54.6 Å². The fraction of sp³-hybridized carbons (Fsp3) is 0.250. The number of rotatable bonds is 4. The molecule has 0 fully saturated rings. The van der Waals surface area contributed by atoms with Gasteiger partial charge in [-0.25, -0.2) is 0 Å². The van der Waals surface area contributed by atoms with E-state index in [-0.39, 0.29) is 23.7 Å². The van der Waals surface area contributed by atoms with Crippen LogP contribution in [0.2, 0.25) is 0 Å². The third kappa shape index (κ3) is 10.9. The summed E-state index contributed by atoms with van der Waals surface area (Å²) in [6, 6.07) is 10.5. The van der Waals surface area contributed by atoms with Gasteiger partial charge in [-0.3, -0.25) is 0 Å². The van der Waals surface area contributed by atoms with Crippen LogP contribution >= 0.6 is 11.8 Å². The second-order valence-corrected chi connectivity index (χ2v) is 5.05. The van der Waals surface area contributed by atoms with Gasteiger partial charge in [0.2, 0.25) is 0 Å². The summed E-state index contributed by atoms with van der Waals surface area (Å²) in [4.78, 5) is 0. The zero-order valence-electron chi connectivity index (χ0n) is 12.2. The van der Waals surface area contributed by atoms with E-state index in [1.807, 2.05) is 17.8 Å². The first kappa shape index (κ1) is 26.6. The second-order valence-electron chi connectivity index (χ2n) is 3.77. The summed E-state index contributed by atoms with van der Waals surface area (Å²) in [5.74, 6) is 1.23. The number of aliphatic hydroxyl groups is 1. The Morgan fingerprint density at radius 3 is 2.04 bits per heavy atom. The molecule has 0 saturated carbocycles. The standard InChI is InChI=1S/C14H16OS.2CO.Mn.NO/c15-10-11-16-14-9-5-4-8-13(14)12-6-2-1-3-7-12;2*1-2;;1-2/h1-9,13-15H,10-11H2;;;;/q;;;;+1/t13-,14-;;;;/m0..../s1. The van der Waals surface area contributed by atoms with E-state index >= 15 is 0 Å². The van der Waals surface area contributed by atoms with Crippen molar-refractivity contribution in [1.82, 2.24) is 0 Å². The van der Waals surface area contributed by atoms with Gasteiger partial charge in [-0.15, -0.1) is 0 Å². The van der Waals surface area contributed by atoms with Crippen molar-refractivity contribution in [3.63, 3.8) is 0 Å². The minimum Gasteiger partial charge on any atom is 0 e. The van der Waals surface area contributed by atoms with E-state index < -0.39 is 0 Å². The zero-order chi connectivity index (χ0) is 17.2. The van der Waals surface area contributed by atoms with Crippen LogP contribution in [-0.2, 0) is 31.1 Å². The molecule has 1 aliphatic rings. The van der Waals surface area contributed by atoms with Crippen LogP contribution in [0.25, 0.3) is 0 Å². The number of nitrogens with zero attached hydrogens (tertiary/aromatic N) is 1. The molecule has 2 rings (SSSR count). The molecule has 1 aromatic carbocycles. The average molecular weight is 373 g/mol. The van der Waals surface area contributed by atoms with Gasteiger partial charge in [0.1, 0.15) is 0 Å². The van der Waals surface area contributed by atoms with Gasteiger partial charge in [-0.05, 0) is 5.56 Å². The molecule has 23 heavy (non-hydrogen) atoms. The third-order valence-corrected chi connectivity index (χ3v) is 3.92. The molecule has 1 aromatic rings. The van der Waals surface area contributed by atoms with Crippen LogP contribution in [0.4, 0.5) is 0 Å². The summed E-state index contributed by atoms with van der Waals surface area (Å²) >= 11 is 1.81. The van der Waals surface area contributed by atoms with Gasteiger partial charge in [0.25, 0.3) is 0 Å². The maximum Gasteiger partial charge on any atom is 0 e. The maximum absolute atomic E-state index is 8.89. The SMILES string of the molecule is N#[O+].OCCS[C@H]1C=CC=C[C@H]1c1ccccc1.[C-]#[O+].[C-]#[O+].[Mn]. The summed E-state index contributed by atoms with van der Waals surface area (Å²) in [6.45, 7) is 9.25. The van der Waals surface area contributed by atoms with Gasteiger partial charge in [0.15, 0.2) is 0 Å². The monoisotopic (exact) mass is 373 g/mol. The molecule has 0 aliphatic heterocycles. The van der Waals surface area contributed by atoms with E-state index in [1.54, 1.807) is 0 Å². The Labute approximate surface area is 150 Å². The van der Waals surface area contributed by atoms with Crippen LogP contribution in [0.5, 0.6) is 0 Å². The molecule has 0 spiro atoms. The number of allylic oxidation sites excluding steroid dienone is 3. The van der Waals surface area contributed by atoms with Gasteiger partial charge in [-0.2, -0.15) is 11.8 Å². The molecule has 0 aromatic heterocycles. The van der Waals surface area contributed by atoms with Gasteiger partial charge in [0, 0.05) is 34.0 Å². The predicted molar refractivity (Wildman–Crippen MR) is 81.1 cm³/mol. The number of benzene rings is 1. The van der Waals surface area contributed by atoms with Crippen LogP contribution in [0.3, 0.4) is 0 Å².